The fraction of sp³-hybridized carbons (Fsp3) is 0.400. The third-order valence-electron chi connectivity index (χ3n) is 4.47. The van der Waals surface area contributed by atoms with Crippen molar-refractivity contribution in [1.82, 2.24) is 10.3 Å². The van der Waals surface area contributed by atoms with Crippen LogP contribution in [0.3, 0.4) is 0 Å². The molecule has 1 aliphatic rings. The molecule has 1 aliphatic heterocycles. The molecule has 0 unspecified atom stereocenters. The van der Waals surface area contributed by atoms with Gasteiger partial charge in [-0.2, -0.15) is 0 Å². The van der Waals surface area contributed by atoms with Crippen molar-refractivity contribution in [2.24, 2.45) is 10.7 Å². The van der Waals surface area contributed by atoms with Crippen LogP contribution in [0.2, 0.25) is 0 Å². The summed E-state index contributed by atoms with van der Waals surface area (Å²) >= 11 is 0. The standard InChI is InChI=1S/C20H27FN6/c1-15(2)25-20(22)24-14-16-7-8-23-19(13-16)27-11-9-26(10-12-27)18-5-3-17(21)4-6-18/h3-8,13,15H,9-12,14H2,1-2H3,(H3,22,24,25). The first-order chi connectivity index (χ1) is 13.0. The molecule has 0 amide bonds. The number of rotatable bonds is 5. The number of piperazine rings is 1. The van der Waals surface area contributed by atoms with Gasteiger partial charge in [-0.05, 0) is 55.8 Å². The van der Waals surface area contributed by atoms with Gasteiger partial charge in [-0.25, -0.2) is 14.4 Å². The van der Waals surface area contributed by atoms with E-state index in [0.717, 1.165) is 43.2 Å². The highest BCUT2D eigenvalue weighted by molar-refractivity contribution is 5.78. The summed E-state index contributed by atoms with van der Waals surface area (Å²) < 4.78 is 13.1. The van der Waals surface area contributed by atoms with Crippen LogP contribution in [0.25, 0.3) is 0 Å². The lowest BCUT2D eigenvalue weighted by atomic mass is 10.2. The van der Waals surface area contributed by atoms with Crippen LogP contribution < -0.4 is 20.9 Å². The second kappa shape index (κ2) is 8.70. The molecule has 1 aromatic heterocycles. The monoisotopic (exact) mass is 370 g/mol. The van der Waals surface area contributed by atoms with Gasteiger partial charge in [0.15, 0.2) is 5.96 Å². The Labute approximate surface area is 159 Å². The number of pyridine rings is 1. The van der Waals surface area contributed by atoms with Crippen LogP contribution in [0.5, 0.6) is 0 Å². The van der Waals surface area contributed by atoms with Gasteiger partial charge in [0.05, 0.1) is 6.54 Å². The molecule has 0 spiro atoms. The van der Waals surface area contributed by atoms with Gasteiger partial charge in [-0.15, -0.1) is 0 Å². The maximum absolute atomic E-state index is 13.1. The van der Waals surface area contributed by atoms with E-state index in [0.29, 0.717) is 12.5 Å². The molecular formula is C20H27FN6. The number of nitrogens with one attached hydrogen (secondary N) is 1. The highest BCUT2D eigenvalue weighted by atomic mass is 19.1. The van der Waals surface area contributed by atoms with Gasteiger partial charge in [0.1, 0.15) is 11.6 Å². The van der Waals surface area contributed by atoms with E-state index in [4.69, 9.17) is 5.73 Å². The van der Waals surface area contributed by atoms with E-state index in [1.807, 2.05) is 38.2 Å². The quantitative estimate of drug-likeness (QED) is 0.625. The minimum atomic E-state index is -0.203. The number of benzene rings is 1. The molecule has 3 rings (SSSR count). The number of nitrogens with two attached hydrogens (primary N) is 1. The lowest BCUT2D eigenvalue weighted by molar-refractivity contribution is 0.624. The van der Waals surface area contributed by atoms with E-state index in [2.05, 4.69) is 31.2 Å². The van der Waals surface area contributed by atoms with Gasteiger partial charge < -0.3 is 20.9 Å². The van der Waals surface area contributed by atoms with E-state index in [1.165, 1.54) is 12.1 Å². The maximum Gasteiger partial charge on any atom is 0.189 e. The summed E-state index contributed by atoms with van der Waals surface area (Å²) in [6, 6.07) is 11.0. The molecule has 6 nitrogen and oxygen atoms in total. The number of nitrogens with zero attached hydrogens (tertiary/aromatic N) is 4. The largest absolute Gasteiger partial charge is 0.370 e. The Bertz CT molecular complexity index is 766. The first-order valence-corrected chi connectivity index (χ1v) is 9.28. The van der Waals surface area contributed by atoms with E-state index in [9.17, 15) is 4.39 Å². The summed E-state index contributed by atoms with van der Waals surface area (Å²) in [5.41, 5.74) is 8.00. The average Bonchev–Trinajstić information content (AvgIpc) is 2.67. The second-order valence-electron chi connectivity index (χ2n) is 6.97. The predicted octanol–water partition coefficient (Wildman–Crippen LogP) is 2.36. The molecule has 0 aliphatic carbocycles. The first kappa shape index (κ1) is 18.9. The van der Waals surface area contributed by atoms with Crippen LogP contribution in [0.4, 0.5) is 15.9 Å². The van der Waals surface area contributed by atoms with Gasteiger partial charge in [-0.3, -0.25) is 0 Å². The van der Waals surface area contributed by atoms with Crippen molar-refractivity contribution in [2.75, 3.05) is 36.0 Å². The molecule has 0 saturated carbocycles. The van der Waals surface area contributed by atoms with Crippen molar-refractivity contribution in [1.29, 1.82) is 0 Å². The number of hydrogen-bond donors (Lipinski definition) is 2. The van der Waals surface area contributed by atoms with Crippen molar-refractivity contribution >= 4 is 17.5 Å². The van der Waals surface area contributed by atoms with Crippen LogP contribution in [0.1, 0.15) is 19.4 Å². The smallest absolute Gasteiger partial charge is 0.189 e. The van der Waals surface area contributed by atoms with E-state index in [-0.39, 0.29) is 11.9 Å². The zero-order valence-corrected chi connectivity index (χ0v) is 15.9. The van der Waals surface area contributed by atoms with Gasteiger partial charge in [0.2, 0.25) is 0 Å². The topological polar surface area (TPSA) is 69.8 Å². The Morgan fingerprint density at radius 3 is 2.48 bits per heavy atom. The fourth-order valence-corrected chi connectivity index (χ4v) is 3.10. The Morgan fingerprint density at radius 1 is 1.15 bits per heavy atom. The lowest BCUT2D eigenvalue weighted by Gasteiger charge is -2.36. The zero-order valence-electron chi connectivity index (χ0n) is 15.9. The Hall–Kier alpha value is -2.83. The third kappa shape index (κ3) is 5.32. The minimum absolute atomic E-state index is 0.203. The Kier molecular flexibility index (Phi) is 6.11. The van der Waals surface area contributed by atoms with Crippen molar-refractivity contribution in [3.05, 3.63) is 54.0 Å². The van der Waals surface area contributed by atoms with E-state index >= 15 is 0 Å². The highest BCUT2D eigenvalue weighted by Crippen LogP contribution is 2.20. The number of guanidine groups is 1. The number of aromatic nitrogens is 1. The summed E-state index contributed by atoms with van der Waals surface area (Å²) in [6.07, 6.45) is 1.82. The van der Waals surface area contributed by atoms with Crippen molar-refractivity contribution in [3.8, 4) is 0 Å². The van der Waals surface area contributed by atoms with Gasteiger partial charge >= 0.3 is 0 Å². The predicted molar refractivity (Wildman–Crippen MR) is 109 cm³/mol. The first-order valence-electron chi connectivity index (χ1n) is 9.28. The van der Waals surface area contributed by atoms with Crippen LogP contribution in [-0.4, -0.2) is 43.2 Å². The number of halogens is 1. The van der Waals surface area contributed by atoms with Crippen LogP contribution in [0.15, 0.2) is 47.6 Å². The van der Waals surface area contributed by atoms with Gasteiger partial charge in [-0.1, -0.05) is 0 Å². The Morgan fingerprint density at radius 2 is 1.81 bits per heavy atom. The second-order valence-corrected chi connectivity index (χ2v) is 6.97. The maximum atomic E-state index is 13.1. The average molecular weight is 370 g/mol. The van der Waals surface area contributed by atoms with Crippen LogP contribution in [0, 0.1) is 5.82 Å². The summed E-state index contributed by atoms with van der Waals surface area (Å²) in [4.78, 5) is 13.4. The van der Waals surface area contributed by atoms with E-state index < -0.39 is 0 Å². The molecule has 3 N–H and O–H groups in total. The number of aliphatic imine (C=N–C) groups is 1. The third-order valence-corrected chi connectivity index (χ3v) is 4.47. The number of anilines is 2. The molecule has 1 fully saturated rings. The molecule has 0 atom stereocenters. The highest BCUT2D eigenvalue weighted by Gasteiger charge is 2.18. The fourth-order valence-electron chi connectivity index (χ4n) is 3.10. The van der Waals surface area contributed by atoms with Crippen LogP contribution in [-0.2, 0) is 6.54 Å². The molecule has 0 radical (unpaired) electrons. The molecule has 0 bridgehead atoms. The number of hydrogen-bond acceptors (Lipinski definition) is 4. The van der Waals surface area contributed by atoms with Gasteiger partial charge in [0, 0.05) is 44.1 Å². The molecule has 7 heteroatoms. The molecule has 144 valence electrons. The van der Waals surface area contributed by atoms with Crippen molar-refractivity contribution in [3.63, 3.8) is 0 Å². The summed E-state index contributed by atoms with van der Waals surface area (Å²) in [6.45, 7) is 8.07. The summed E-state index contributed by atoms with van der Waals surface area (Å²) in [5, 5.41) is 3.09. The van der Waals surface area contributed by atoms with Gasteiger partial charge in [0.25, 0.3) is 0 Å². The molecule has 1 saturated heterocycles. The van der Waals surface area contributed by atoms with Crippen molar-refractivity contribution < 1.29 is 4.39 Å². The summed E-state index contributed by atoms with van der Waals surface area (Å²) in [5.74, 6) is 1.21. The zero-order chi connectivity index (χ0) is 19.2. The Balaban J connectivity index is 1.59. The van der Waals surface area contributed by atoms with Crippen molar-refractivity contribution in [2.45, 2.75) is 26.4 Å². The molecule has 1 aromatic carbocycles. The molecule has 27 heavy (non-hydrogen) atoms. The minimum Gasteiger partial charge on any atom is -0.370 e. The normalized spacial score (nSPS) is 15.3. The summed E-state index contributed by atoms with van der Waals surface area (Å²) in [7, 11) is 0. The molecule has 2 heterocycles. The molecular weight excluding hydrogens is 343 g/mol. The lowest BCUT2D eigenvalue weighted by Crippen LogP contribution is -2.46. The van der Waals surface area contributed by atoms with E-state index in [1.54, 1.807) is 0 Å². The molecule has 2 aromatic rings. The van der Waals surface area contributed by atoms with Crippen LogP contribution >= 0.6 is 0 Å². The SMILES string of the molecule is CC(C)NC(N)=NCc1ccnc(N2CCN(c3ccc(F)cc3)CC2)c1.